The average Bonchev–Trinajstić information content (AvgIpc) is 2.90. The number of rotatable bonds is 5. The van der Waals surface area contributed by atoms with Crippen LogP contribution in [0.1, 0.15) is 23.7 Å². The molecule has 0 bridgehead atoms. The predicted octanol–water partition coefficient (Wildman–Crippen LogP) is 1.91. The molecule has 21 heavy (non-hydrogen) atoms. The van der Waals surface area contributed by atoms with E-state index >= 15 is 0 Å². The van der Waals surface area contributed by atoms with Crippen LogP contribution in [0.15, 0.2) is 41.5 Å². The molecule has 2 aromatic rings. The van der Waals surface area contributed by atoms with Gasteiger partial charge in [-0.05, 0) is 31.5 Å². The van der Waals surface area contributed by atoms with Gasteiger partial charge < -0.3 is 5.32 Å². The molecule has 2 N–H and O–H groups in total. The van der Waals surface area contributed by atoms with Crippen molar-refractivity contribution in [3.63, 3.8) is 0 Å². The van der Waals surface area contributed by atoms with Crippen LogP contribution in [0, 0.1) is 0 Å². The maximum Gasteiger partial charge on any atom is 0.347 e. The number of H-pyrrole nitrogens is 1. The molecule has 0 unspecified atom stereocenters. The summed E-state index contributed by atoms with van der Waals surface area (Å²) in [4.78, 5) is 23.6. The van der Waals surface area contributed by atoms with Crippen molar-refractivity contribution in [1.82, 2.24) is 20.1 Å². The molecule has 0 saturated carbocycles. The molecule has 0 aliphatic carbocycles. The lowest BCUT2D eigenvalue weighted by molar-refractivity contribution is 0.0954. The molecule has 0 spiro atoms. The quantitative estimate of drug-likeness (QED) is 0.654. The van der Waals surface area contributed by atoms with Gasteiger partial charge in [-0.25, -0.2) is 14.5 Å². The van der Waals surface area contributed by atoms with Crippen LogP contribution in [0.2, 0.25) is 5.02 Å². The fourth-order valence-electron chi connectivity index (χ4n) is 1.80. The lowest BCUT2D eigenvalue weighted by Gasteiger charge is -2.08. The summed E-state index contributed by atoms with van der Waals surface area (Å²) in [5.74, 6) is -0.275. The maximum atomic E-state index is 12.1. The van der Waals surface area contributed by atoms with E-state index in [0.29, 0.717) is 22.8 Å². The van der Waals surface area contributed by atoms with Crippen molar-refractivity contribution in [3.05, 3.63) is 57.7 Å². The zero-order valence-corrected chi connectivity index (χ0v) is 12.2. The minimum Gasteiger partial charge on any atom is -0.352 e. The van der Waals surface area contributed by atoms with E-state index in [1.165, 1.54) is 10.9 Å². The van der Waals surface area contributed by atoms with E-state index in [1.54, 1.807) is 18.2 Å². The highest BCUT2D eigenvalue weighted by Gasteiger charge is 2.12. The lowest BCUT2D eigenvalue weighted by Crippen LogP contribution is -2.25. The molecule has 0 saturated heterocycles. The Balaban J connectivity index is 2.21. The van der Waals surface area contributed by atoms with Gasteiger partial charge in [0, 0.05) is 6.54 Å². The molecule has 1 heterocycles. The first-order chi connectivity index (χ1) is 10.1. The van der Waals surface area contributed by atoms with Crippen LogP contribution >= 0.6 is 11.6 Å². The smallest absolute Gasteiger partial charge is 0.347 e. The van der Waals surface area contributed by atoms with Gasteiger partial charge in [-0.1, -0.05) is 23.8 Å². The van der Waals surface area contributed by atoms with E-state index in [0.717, 1.165) is 6.42 Å². The molecular formula is C14H15ClN4O2. The zero-order valence-electron chi connectivity index (χ0n) is 11.5. The van der Waals surface area contributed by atoms with Crippen molar-refractivity contribution in [1.29, 1.82) is 0 Å². The van der Waals surface area contributed by atoms with E-state index in [-0.39, 0.29) is 11.6 Å². The highest BCUT2D eigenvalue weighted by Crippen LogP contribution is 2.19. The first-order valence-corrected chi connectivity index (χ1v) is 6.82. The Morgan fingerprint density at radius 3 is 3.00 bits per heavy atom. The molecule has 0 atom stereocenters. The van der Waals surface area contributed by atoms with Gasteiger partial charge >= 0.3 is 5.69 Å². The fraction of sp³-hybridized carbons (Fsp3) is 0.214. The number of aromatic amines is 1. The van der Waals surface area contributed by atoms with Gasteiger partial charge in [0.05, 0.1) is 16.3 Å². The number of nitrogens with one attached hydrogen (secondary N) is 2. The predicted molar refractivity (Wildman–Crippen MR) is 81.0 cm³/mol. The third-order valence-corrected chi connectivity index (χ3v) is 3.19. The Bertz CT molecular complexity index is 718. The summed E-state index contributed by atoms with van der Waals surface area (Å²) in [5.41, 5.74) is 0.469. The number of hydrogen-bond donors (Lipinski definition) is 2. The van der Waals surface area contributed by atoms with Gasteiger partial charge in [-0.15, -0.1) is 0 Å². The van der Waals surface area contributed by atoms with Crippen molar-refractivity contribution in [2.24, 2.45) is 0 Å². The zero-order chi connectivity index (χ0) is 15.2. The van der Waals surface area contributed by atoms with Crippen LogP contribution in [0.25, 0.3) is 5.69 Å². The first kappa shape index (κ1) is 15.1. The minimum atomic E-state index is -0.378. The molecule has 1 amide bonds. The number of amides is 1. The van der Waals surface area contributed by atoms with Crippen molar-refractivity contribution in [2.75, 3.05) is 6.54 Å². The molecular weight excluding hydrogens is 292 g/mol. The summed E-state index contributed by atoms with van der Waals surface area (Å²) in [6.07, 6.45) is 5.98. The third-order valence-electron chi connectivity index (χ3n) is 2.86. The molecule has 0 aliphatic rings. The van der Waals surface area contributed by atoms with Gasteiger partial charge in [0.1, 0.15) is 6.33 Å². The monoisotopic (exact) mass is 306 g/mol. The van der Waals surface area contributed by atoms with Crippen LogP contribution in [-0.4, -0.2) is 27.2 Å². The third kappa shape index (κ3) is 3.61. The van der Waals surface area contributed by atoms with Crippen LogP contribution in [0.3, 0.4) is 0 Å². The number of nitrogens with zero attached hydrogens (tertiary/aromatic N) is 2. The van der Waals surface area contributed by atoms with Crippen molar-refractivity contribution < 1.29 is 4.79 Å². The Hall–Kier alpha value is -2.34. The second-order valence-corrected chi connectivity index (χ2v) is 4.72. The molecule has 0 fully saturated rings. The highest BCUT2D eigenvalue weighted by molar-refractivity contribution is 6.33. The number of carbonyl (C=O) groups is 1. The van der Waals surface area contributed by atoms with Crippen LogP contribution < -0.4 is 11.0 Å². The summed E-state index contributed by atoms with van der Waals surface area (Å²) in [6, 6.07) is 4.79. The molecule has 1 aromatic carbocycles. The normalized spacial score (nSPS) is 11.0. The molecule has 1 aromatic heterocycles. The van der Waals surface area contributed by atoms with Crippen molar-refractivity contribution >= 4 is 17.5 Å². The fourth-order valence-corrected chi connectivity index (χ4v) is 2.00. The van der Waals surface area contributed by atoms with Crippen LogP contribution in [0.4, 0.5) is 0 Å². The Morgan fingerprint density at radius 2 is 2.33 bits per heavy atom. The Kier molecular flexibility index (Phi) is 4.94. The van der Waals surface area contributed by atoms with E-state index < -0.39 is 0 Å². The second-order valence-electron chi connectivity index (χ2n) is 4.31. The summed E-state index contributed by atoms with van der Waals surface area (Å²) >= 11 is 6.05. The maximum absolute atomic E-state index is 12.1. The van der Waals surface area contributed by atoms with Gasteiger partial charge in [-0.3, -0.25) is 4.79 Å². The molecule has 7 heteroatoms. The number of hydrogen-bond acceptors (Lipinski definition) is 3. The van der Waals surface area contributed by atoms with Gasteiger partial charge in [0.25, 0.3) is 5.91 Å². The van der Waals surface area contributed by atoms with Gasteiger partial charge in [-0.2, -0.15) is 5.10 Å². The number of carbonyl (C=O) groups excluding carboxylic acids is 1. The first-order valence-electron chi connectivity index (χ1n) is 6.44. The summed E-state index contributed by atoms with van der Waals surface area (Å²) < 4.78 is 1.30. The molecule has 2 rings (SSSR count). The number of benzene rings is 1. The molecule has 0 aliphatic heterocycles. The van der Waals surface area contributed by atoms with E-state index in [4.69, 9.17) is 11.6 Å². The number of aromatic nitrogens is 3. The van der Waals surface area contributed by atoms with E-state index in [9.17, 15) is 9.59 Å². The second kappa shape index (κ2) is 6.90. The van der Waals surface area contributed by atoms with Gasteiger partial charge in [0.2, 0.25) is 0 Å². The number of allylic oxidation sites excluding steroid dienone is 1. The summed E-state index contributed by atoms with van der Waals surface area (Å²) in [6.45, 7) is 2.44. The lowest BCUT2D eigenvalue weighted by atomic mass is 10.2. The van der Waals surface area contributed by atoms with E-state index in [2.05, 4.69) is 15.5 Å². The Labute approximate surface area is 126 Å². The molecule has 0 radical (unpaired) electrons. The highest BCUT2D eigenvalue weighted by atomic mass is 35.5. The van der Waals surface area contributed by atoms with E-state index in [1.807, 2.05) is 19.1 Å². The number of halogens is 1. The van der Waals surface area contributed by atoms with Gasteiger partial charge in [0.15, 0.2) is 0 Å². The average molecular weight is 307 g/mol. The van der Waals surface area contributed by atoms with Crippen molar-refractivity contribution in [3.8, 4) is 5.69 Å². The summed E-state index contributed by atoms with van der Waals surface area (Å²) in [7, 11) is 0. The van der Waals surface area contributed by atoms with Crippen LogP contribution in [-0.2, 0) is 0 Å². The molecule has 110 valence electrons. The standard InChI is InChI=1S/C14H15ClN4O2/c1-2-3-4-7-16-13(20)11-8-10(5-6-12(11)15)19-9-17-18-14(19)21/h2-3,5-6,8-9H,4,7H2,1H3,(H,16,20)(H,18,21)/b3-2+. The molecule has 6 nitrogen and oxygen atoms in total. The SMILES string of the molecule is C/C=C/CCNC(=O)c1cc(-n2cn[nH]c2=O)ccc1Cl. The summed E-state index contributed by atoms with van der Waals surface area (Å²) in [5, 5.41) is 9.05. The largest absolute Gasteiger partial charge is 0.352 e. The Morgan fingerprint density at radius 1 is 1.52 bits per heavy atom. The topological polar surface area (TPSA) is 79.8 Å². The minimum absolute atomic E-state index is 0.275. The van der Waals surface area contributed by atoms with Crippen molar-refractivity contribution in [2.45, 2.75) is 13.3 Å². The van der Waals surface area contributed by atoms with Crippen LogP contribution in [0.5, 0.6) is 0 Å².